The Kier molecular flexibility index (Phi) is 31.7. The van der Waals surface area contributed by atoms with Gasteiger partial charge in [0.2, 0.25) is 5.91 Å². The number of ether oxygens (including phenoxy) is 9. The highest BCUT2D eigenvalue weighted by atomic mass is 16.7. The molecule has 0 bridgehead atoms. The topological polar surface area (TPSA) is 300 Å². The molecule has 8 N–H and O–H groups in total. The van der Waals surface area contributed by atoms with E-state index in [9.17, 15) is 49.8 Å². The van der Waals surface area contributed by atoms with Crippen LogP contribution in [0.25, 0.3) is 0 Å². The van der Waals surface area contributed by atoms with E-state index < -0.39 is 115 Å². The van der Waals surface area contributed by atoms with Crippen LogP contribution in [0.3, 0.4) is 0 Å². The second kappa shape index (κ2) is 33.5. The average molecular weight is 792 g/mol. The van der Waals surface area contributed by atoms with Crippen LogP contribution in [0.5, 0.6) is 0 Å². The van der Waals surface area contributed by atoms with Gasteiger partial charge in [0.25, 0.3) is 0 Å². The van der Waals surface area contributed by atoms with Gasteiger partial charge in [-0.1, -0.05) is 0 Å². The van der Waals surface area contributed by atoms with Crippen molar-refractivity contribution >= 4 is 23.9 Å². The summed E-state index contributed by atoms with van der Waals surface area (Å²) in [6, 6.07) is 0. The summed E-state index contributed by atoms with van der Waals surface area (Å²) in [5.41, 5.74) is 0. The lowest BCUT2D eigenvalue weighted by Crippen LogP contribution is -2.41. The van der Waals surface area contributed by atoms with Crippen LogP contribution in [0.4, 0.5) is 4.79 Å². The SMILES string of the molecule is CNCCCN(CCOC(CO)OC(CO)COC(CO)OC(COC(=O)NCCC(=O)OC)COC(CO)OC(CO)CO)C(=O)CCCC(=O)OC. The van der Waals surface area contributed by atoms with Crippen molar-refractivity contribution in [2.45, 2.75) is 69.3 Å². The van der Waals surface area contributed by atoms with Gasteiger partial charge in [0.1, 0.15) is 24.9 Å². The van der Waals surface area contributed by atoms with Crippen molar-refractivity contribution in [3.8, 4) is 0 Å². The Labute approximate surface area is 314 Å². The molecule has 5 atom stereocenters. The smallest absolute Gasteiger partial charge is 0.407 e. The first kappa shape index (κ1) is 51.2. The Hall–Kier alpha value is -2.84. The summed E-state index contributed by atoms with van der Waals surface area (Å²) < 4.78 is 47.4. The molecule has 0 spiro atoms. The third kappa shape index (κ3) is 25.3. The second-order valence-electron chi connectivity index (χ2n) is 11.3. The maximum Gasteiger partial charge on any atom is 0.407 e. The zero-order valence-corrected chi connectivity index (χ0v) is 31.3. The van der Waals surface area contributed by atoms with Crippen LogP contribution in [0.2, 0.25) is 0 Å². The summed E-state index contributed by atoms with van der Waals surface area (Å²) in [4.78, 5) is 49.2. The number of amides is 2. The maximum atomic E-state index is 12.8. The predicted molar refractivity (Wildman–Crippen MR) is 183 cm³/mol. The molecule has 0 radical (unpaired) electrons. The van der Waals surface area contributed by atoms with Crippen LogP contribution in [0.1, 0.15) is 32.1 Å². The van der Waals surface area contributed by atoms with Crippen LogP contribution in [0, 0.1) is 0 Å². The average Bonchev–Trinajstić information content (AvgIpc) is 3.18. The third-order valence-corrected chi connectivity index (χ3v) is 7.12. The maximum absolute atomic E-state index is 12.8. The minimum atomic E-state index is -1.41. The lowest BCUT2D eigenvalue weighted by molar-refractivity contribution is -0.254. The van der Waals surface area contributed by atoms with E-state index >= 15 is 0 Å². The van der Waals surface area contributed by atoms with Gasteiger partial charge in [0.15, 0.2) is 18.9 Å². The summed E-state index contributed by atoms with van der Waals surface area (Å²) in [5, 5.41) is 63.2. The van der Waals surface area contributed by atoms with E-state index in [0.717, 1.165) is 0 Å². The molecule has 0 aliphatic carbocycles. The molecular formula is C32H61N3O19. The summed E-state index contributed by atoms with van der Waals surface area (Å²) in [5.74, 6) is -1.17. The van der Waals surface area contributed by atoms with Gasteiger partial charge in [-0.25, -0.2) is 4.79 Å². The number of carbonyl (C=O) groups excluding carboxylic acids is 4. The predicted octanol–water partition coefficient (Wildman–Crippen LogP) is -3.81. The Morgan fingerprint density at radius 2 is 1.13 bits per heavy atom. The highest BCUT2D eigenvalue weighted by Crippen LogP contribution is 2.10. The van der Waals surface area contributed by atoms with Crippen LogP contribution in [0.15, 0.2) is 0 Å². The quantitative estimate of drug-likeness (QED) is 0.0132. The van der Waals surface area contributed by atoms with Gasteiger partial charge in [-0.2, -0.15) is 0 Å². The van der Waals surface area contributed by atoms with Crippen molar-refractivity contribution in [1.82, 2.24) is 15.5 Å². The van der Waals surface area contributed by atoms with E-state index in [1.54, 1.807) is 11.9 Å². The zero-order chi connectivity index (χ0) is 40.6. The number of alkyl carbamates (subject to hydrolysis) is 1. The Morgan fingerprint density at radius 1 is 0.593 bits per heavy atom. The number of aliphatic hydroxyl groups is 6. The van der Waals surface area contributed by atoms with Gasteiger partial charge in [0, 0.05) is 32.5 Å². The number of carbonyl (C=O) groups is 4. The van der Waals surface area contributed by atoms with Gasteiger partial charge >= 0.3 is 18.0 Å². The molecule has 0 aliphatic rings. The number of nitrogens with one attached hydrogen (secondary N) is 2. The molecule has 0 saturated carbocycles. The molecule has 0 rings (SSSR count). The molecule has 318 valence electrons. The summed E-state index contributed by atoms with van der Waals surface area (Å²) in [7, 11) is 4.25. The van der Waals surface area contributed by atoms with Crippen molar-refractivity contribution in [2.24, 2.45) is 0 Å². The molecule has 0 aromatic heterocycles. The lowest BCUT2D eigenvalue weighted by atomic mass is 10.2. The first-order valence-electron chi connectivity index (χ1n) is 17.5. The van der Waals surface area contributed by atoms with Gasteiger partial charge in [-0.3, -0.25) is 14.4 Å². The second-order valence-corrected chi connectivity index (χ2v) is 11.3. The fourth-order valence-electron chi connectivity index (χ4n) is 4.22. The van der Waals surface area contributed by atoms with Crippen LogP contribution < -0.4 is 10.6 Å². The van der Waals surface area contributed by atoms with Crippen molar-refractivity contribution in [3.63, 3.8) is 0 Å². The van der Waals surface area contributed by atoms with Crippen molar-refractivity contribution in [3.05, 3.63) is 0 Å². The number of nitrogens with zero attached hydrogens (tertiary/aromatic N) is 1. The van der Waals surface area contributed by atoms with E-state index in [-0.39, 0.29) is 44.9 Å². The molecule has 0 aromatic carbocycles. The Morgan fingerprint density at radius 3 is 1.69 bits per heavy atom. The summed E-state index contributed by atoms with van der Waals surface area (Å²) >= 11 is 0. The van der Waals surface area contributed by atoms with E-state index in [1.807, 2.05) is 0 Å². The molecule has 0 aromatic rings. The van der Waals surface area contributed by atoms with E-state index in [1.165, 1.54) is 14.2 Å². The zero-order valence-electron chi connectivity index (χ0n) is 31.3. The molecular weight excluding hydrogens is 730 g/mol. The number of methoxy groups -OCH3 is 2. The fourth-order valence-corrected chi connectivity index (χ4v) is 4.22. The monoisotopic (exact) mass is 791 g/mol. The minimum absolute atomic E-state index is 0.0389. The fraction of sp³-hybridized carbons (Fsp3) is 0.875. The Bertz CT molecular complexity index is 980. The Balaban J connectivity index is 5.31. The van der Waals surface area contributed by atoms with E-state index in [0.29, 0.717) is 25.9 Å². The number of hydrogen-bond donors (Lipinski definition) is 8. The van der Waals surface area contributed by atoms with Crippen molar-refractivity contribution in [1.29, 1.82) is 0 Å². The van der Waals surface area contributed by atoms with Gasteiger partial charge in [-0.05, 0) is 26.4 Å². The molecule has 54 heavy (non-hydrogen) atoms. The van der Waals surface area contributed by atoms with Crippen LogP contribution >= 0.6 is 0 Å². The first-order chi connectivity index (χ1) is 26.0. The number of hydrogen-bond acceptors (Lipinski definition) is 20. The molecule has 2 amide bonds. The first-order valence-corrected chi connectivity index (χ1v) is 17.5. The number of esters is 2. The van der Waals surface area contributed by atoms with Crippen molar-refractivity contribution in [2.75, 3.05) is 114 Å². The molecule has 22 nitrogen and oxygen atoms in total. The number of rotatable bonds is 35. The molecule has 22 heteroatoms. The summed E-state index contributed by atoms with van der Waals surface area (Å²) in [6.07, 6.45) is -7.18. The molecule has 0 saturated heterocycles. The van der Waals surface area contributed by atoms with Crippen LogP contribution in [-0.2, 0) is 57.0 Å². The summed E-state index contributed by atoms with van der Waals surface area (Å²) in [6.45, 7) is -4.03. The molecule has 0 fully saturated rings. The van der Waals surface area contributed by atoms with E-state index in [4.69, 9.17) is 33.2 Å². The van der Waals surface area contributed by atoms with Gasteiger partial charge < -0.3 is 88.8 Å². The van der Waals surface area contributed by atoms with Crippen LogP contribution in [-0.4, -0.2) is 210 Å². The highest BCUT2D eigenvalue weighted by molar-refractivity contribution is 5.77. The largest absolute Gasteiger partial charge is 0.469 e. The molecule has 5 unspecified atom stereocenters. The molecule has 0 aliphatic heterocycles. The normalized spacial score (nSPS) is 14.2. The lowest BCUT2D eigenvalue weighted by Gasteiger charge is -2.28. The number of aliphatic hydroxyl groups excluding tert-OH is 6. The minimum Gasteiger partial charge on any atom is -0.469 e. The van der Waals surface area contributed by atoms with Gasteiger partial charge in [0.05, 0.1) is 80.1 Å². The van der Waals surface area contributed by atoms with Crippen molar-refractivity contribution < 1.29 is 92.4 Å². The standard InChI is InChI=1S/C32H61N3O19/c1-33-9-5-11-35(26(42)6-4-7-27(43)46-2)12-13-48-29(17-39)53-24(16-38)20-49-31(19-41)54-25(21-50-30(18-40)52-23(14-36)15-37)22-51-32(45)34-10-8-28(44)47-3/h23-25,29-31,33,36-41H,4-22H2,1-3H3,(H,34,45). The van der Waals surface area contributed by atoms with E-state index in [2.05, 4.69) is 20.1 Å². The third-order valence-electron chi connectivity index (χ3n) is 7.12. The van der Waals surface area contributed by atoms with Gasteiger partial charge in [-0.15, -0.1) is 0 Å². The highest BCUT2D eigenvalue weighted by Gasteiger charge is 2.25. The molecule has 0 heterocycles.